The Morgan fingerprint density at radius 2 is 1.20 bits per heavy atom. The number of carbonyl (C=O) groups is 1. The van der Waals surface area contributed by atoms with Crippen LogP contribution in [0.15, 0.2) is 48.5 Å². The average molecular weight is 659 g/mol. The number of carbonyl (C=O) groups excluding carboxylic acids is 1. The van der Waals surface area contributed by atoms with Crippen molar-refractivity contribution in [3.8, 4) is 35.7 Å². The van der Waals surface area contributed by atoms with Gasteiger partial charge >= 0.3 is 5.97 Å². The standard InChI is InChI=1S/C36H44F2O3S3/c1-3-5-7-10-14-26-16-19-30(42-26)31-22-23-33(44-31)32-21-20-29(43-32)27-17-18-28(36(38)35(27)37)40-24-12-9-13-25-41-34(39)15-11-8-6-4-2/h16-23H,3-15,24-25H2,1-2H3. The van der Waals surface area contributed by atoms with Crippen LogP contribution in [0.2, 0.25) is 0 Å². The summed E-state index contributed by atoms with van der Waals surface area (Å²) >= 11 is 5.06. The minimum atomic E-state index is -0.962. The Kier molecular flexibility index (Phi) is 14.4. The molecule has 0 aliphatic carbocycles. The summed E-state index contributed by atoms with van der Waals surface area (Å²) in [6.07, 6.45) is 13.1. The van der Waals surface area contributed by atoms with Gasteiger partial charge in [-0.3, -0.25) is 4.79 Å². The van der Waals surface area contributed by atoms with E-state index in [-0.39, 0.29) is 23.9 Å². The van der Waals surface area contributed by atoms with Gasteiger partial charge in [0.25, 0.3) is 0 Å². The highest BCUT2D eigenvalue weighted by Crippen LogP contribution is 2.43. The third-order valence-corrected chi connectivity index (χ3v) is 11.2. The summed E-state index contributed by atoms with van der Waals surface area (Å²) in [5.41, 5.74) is 0.241. The Bertz CT molecular complexity index is 1440. The van der Waals surface area contributed by atoms with Crippen LogP contribution in [0.25, 0.3) is 29.9 Å². The first kappa shape index (κ1) is 34.3. The highest BCUT2D eigenvalue weighted by molar-refractivity contribution is 7.27. The van der Waals surface area contributed by atoms with Gasteiger partial charge in [-0.25, -0.2) is 4.39 Å². The summed E-state index contributed by atoms with van der Waals surface area (Å²) in [5.74, 6) is -2.08. The molecule has 0 aliphatic heterocycles. The Morgan fingerprint density at radius 1 is 0.614 bits per heavy atom. The third-order valence-electron chi connectivity index (χ3n) is 7.49. The fraction of sp³-hybridized carbons (Fsp3) is 0.472. The lowest BCUT2D eigenvalue weighted by Gasteiger charge is -2.10. The van der Waals surface area contributed by atoms with Crippen LogP contribution in [-0.4, -0.2) is 19.2 Å². The molecule has 0 fully saturated rings. The molecule has 0 amide bonds. The van der Waals surface area contributed by atoms with Crippen molar-refractivity contribution >= 4 is 40.0 Å². The molecule has 0 N–H and O–H groups in total. The second-order valence-corrected chi connectivity index (χ2v) is 14.4. The molecule has 4 aromatic rings. The Labute approximate surface area is 273 Å². The lowest BCUT2D eigenvalue weighted by Crippen LogP contribution is -2.06. The zero-order valence-corrected chi connectivity index (χ0v) is 28.4. The summed E-state index contributed by atoms with van der Waals surface area (Å²) < 4.78 is 40.8. The van der Waals surface area contributed by atoms with Crippen molar-refractivity contribution in [3.63, 3.8) is 0 Å². The number of hydrogen-bond acceptors (Lipinski definition) is 6. The Balaban J connectivity index is 1.24. The monoisotopic (exact) mass is 658 g/mol. The fourth-order valence-corrected chi connectivity index (χ4v) is 8.20. The molecular formula is C36H44F2O3S3. The van der Waals surface area contributed by atoms with E-state index in [1.165, 1.54) is 57.7 Å². The predicted octanol–water partition coefficient (Wildman–Crippen LogP) is 12.3. The number of benzene rings is 1. The molecule has 0 unspecified atom stereocenters. The van der Waals surface area contributed by atoms with Crippen LogP contribution in [0, 0.1) is 11.6 Å². The molecular weight excluding hydrogens is 615 g/mol. The zero-order chi connectivity index (χ0) is 31.1. The van der Waals surface area contributed by atoms with E-state index in [1.54, 1.807) is 17.4 Å². The largest absolute Gasteiger partial charge is 0.490 e. The van der Waals surface area contributed by atoms with E-state index in [1.807, 2.05) is 23.5 Å². The van der Waals surface area contributed by atoms with Crippen LogP contribution in [0.5, 0.6) is 5.75 Å². The van der Waals surface area contributed by atoms with Gasteiger partial charge in [0.2, 0.25) is 5.82 Å². The summed E-state index contributed by atoms with van der Waals surface area (Å²) in [5, 5.41) is 0. The predicted molar refractivity (Wildman–Crippen MR) is 183 cm³/mol. The Morgan fingerprint density at radius 3 is 1.93 bits per heavy atom. The molecule has 0 saturated carbocycles. The second kappa shape index (κ2) is 18.4. The number of esters is 1. The van der Waals surface area contributed by atoms with Crippen molar-refractivity contribution in [2.45, 2.75) is 97.3 Å². The van der Waals surface area contributed by atoms with Gasteiger partial charge in [-0.2, -0.15) is 4.39 Å². The van der Waals surface area contributed by atoms with E-state index in [4.69, 9.17) is 9.47 Å². The maximum absolute atomic E-state index is 15.1. The van der Waals surface area contributed by atoms with Gasteiger partial charge in [0.1, 0.15) is 0 Å². The van der Waals surface area contributed by atoms with E-state index >= 15 is 4.39 Å². The van der Waals surface area contributed by atoms with Gasteiger partial charge in [-0.15, -0.1) is 34.0 Å². The van der Waals surface area contributed by atoms with Crippen LogP contribution in [0.3, 0.4) is 0 Å². The molecule has 4 rings (SSSR count). The smallest absolute Gasteiger partial charge is 0.305 e. The van der Waals surface area contributed by atoms with Crippen molar-refractivity contribution in [3.05, 3.63) is 65.0 Å². The number of unbranched alkanes of at least 4 members (excludes halogenated alkanes) is 8. The van der Waals surface area contributed by atoms with Crippen LogP contribution in [-0.2, 0) is 16.0 Å². The van der Waals surface area contributed by atoms with Crippen LogP contribution >= 0.6 is 34.0 Å². The second-order valence-electron chi connectivity index (χ2n) is 11.1. The molecule has 1 aromatic carbocycles. The summed E-state index contributed by atoms with van der Waals surface area (Å²) in [7, 11) is 0. The first-order chi connectivity index (χ1) is 21.5. The quantitative estimate of drug-likeness (QED) is 0.0700. The molecule has 0 atom stereocenters. The summed E-state index contributed by atoms with van der Waals surface area (Å²) in [6.45, 7) is 5.03. The van der Waals surface area contributed by atoms with E-state index < -0.39 is 11.6 Å². The number of hydrogen-bond donors (Lipinski definition) is 0. The first-order valence-corrected chi connectivity index (χ1v) is 18.5. The van der Waals surface area contributed by atoms with Crippen molar-refractivity contribution < 1.29 is 23.0 Å². The fourth-order valence-electron chi connectivity index (χ4n) is 4.94. The Hall–Kier alpha value is -2.55. The molecule has 3 aromatic heterocycles. The van der Waals surface area contributed by atoms with Gasteiger partial charge in [0.05, 0.1) is 13.2 Å². The van der Waals surface area contributed by atoms with Gasteiger partial charge < -0.3 is 9.47 Å². The number of aryl methyl sites for hydroxylation is 1. The van der Waals surface area contributed by atoms with Crippen LogP contribution in [0.4, 0.5) is 8.78 Å². The maximum atomic E-state index is 15.1. The van der Waals surface area contributed by atoms with Gasteiger partial charge in [-0.05, 0) is 87.1 Å². The summed E-state index contributed by atoms with van der Waals surface area (Å²) in [6, 6.07) is 15.7. The topological polar surface area (TPSA) is 35.5 Å². The lowest BCUT2D eigenvalue weighted by molar-refractivity contribution is -0.143. The average Bonchev–Trinajstić information content (AvgIpc) is 3.80. The van der Waals surface area contributed by atoms with Crippen molar-refractivity contribution in [2.24, 2.45) is 0 Å². The molecule has 3 heterocycles. The normalized spacial score (nSPS) is 11.3. The zero-order valence-electron chi connectivity index (χ0n) is 25.9. The molecule has 0 aliphatic rings. The molecule has 0 radical (unpaired) electrons. The molecule has 0 spiro atoms. The highest BCUT2D eigenvalue weighted by atomic mass is 32.1. The first-order valence-electron chi connectivity index (χ1n) is 16.1. The molecule has 3 nitrogen and oxygen atoms in total. The molecule has 0 saturated heterocycles. The maximum Gasteiger partial charge on any atom is 0.305 e. The van der Waals surface area contributed by atoms with Gasteiger partial charge in [0.15, 0.2) is 11.6 Å². The number of halogens is 2. The van der Waals surface area contributed by atoms with Crippen molar-refractivity contribution in [1.29, 1.82) is 0 Å². The minimum Gasteiger partial charge on any atom is -0.490 e. The van der Waals surface area contributed by atoms with E-state index in [9.17, 15) is 9.18 Å². The highest BCUT2D eigenvalue weighted by Gasteiger charge is 2.18. The number of ether oxygens (including phenoxy) is 2. The number of rotatable bonds is 20. The molecule has 238 valence electrons. The van der Waals surface area contributed by atoms with E-state index in [0.717, 1.165) is 54.7 Å². The SMILES string of the molecule is CCCCCCC(=O)OCCCCCOc1ccc(-c2ccc(-c3ccc(-c4ccc(CCCCCC)s4)s3)s2)c(F)c1F. The summed E-state index contributed by atoms with van der Waals surface area (Å²) in [4.78, 5) is 18.5. The van der Waals surface area contributed by atoms with Gasteiger partial charge in [0, 0.05) is 41.2 Å². The third kappa shape index (κ3) is 10.2. The van der Waals surface area contributed by atoms with E-state index in [2.05, 4.69) is 38.1 Å². The van der Waals surface area contributed by atoms with Crippen LogP contribution in [0.1, 0.15) is 95.8 Å². The van der Waals surface area contributed by atoms with Crippen molar-refractivity contribution in [1.82, 2.24) is 0 Å². The minimum absolute atomic E-state index is 0.0786. The molecule has 8 heteroatoms. The molecule has 0 bridgehead atoms. The lowest BCUT2D eigenvalue weighted by atomic mass is 10.1. The van der Waals surface area contributed by atoms with Crippen molar-refractivity contribution in [2.75, 3.05) is 13.2 Å². The number of thiophene rings is 3. The molecule has 44 heavy (non-hydrogen) atoms. The van der Waals surface area contributed by atoms with E-state index in [0.29, 0.717) is 24.3 Å². The van der Waals surface area contributed by atoms with Crippen LogP contribution < -0.4 is 4.74 Å². The van der Waals surface area contributed by atoms with Gasteiger partial charge in [-0.1, -0.05) is 52.4 Å².